The summed E-state index contributed by atoms with van der Waals surface area (Å²) in [6, 6.07) is 7.70. The van der Waals surface area contributed by atoms with Crippen LogP contribution in [-0.4, -0.2) is 27.4 Å². The van der Waals surface area contributed by atoms with Gasteiger partial charge >= 0.3 is 6.18 Å². The molecule has 0 unspecified atom stereocenters. The van der Waals surface area contributed by atoms with Gasteiger partial charge in [0.25, 0.3) is 15.9 Å². The number of alkyl halides is 3. The van der Waals surface area contributed by atoms with E-state index < -0.39 is 32.6 Å². The van der Waals surface area contributed by atoms with Crippen LogP contribution in [0.1, 0.15) is 36.2 Å². The Morgan fingerprint density at radius 3 is 2.50 bits per heavy atom. The number of nitrogens with one attached hydrogen (secondary N) is 1. The van der Waals surface area contributed by atoms with E-state index in [0.29, 0.717) is 12.5 Å². The number of rotatable bonds is 9. The fourth-order valence-electron chi connectivity index (χ4n) is 2.83. The molecule has 0 aliphatic heterocycles. The molecule has 0 spiro atoms. The Kier molecular flexibility index (Phi) is 8.36. The highest BCUT2D eigenvalue weighted by Gasteiger charge is 2.33. The molecule has 2 rings (SSSR count). The van der Waals surface area contributed by atoms with E-state index in [9.17, 15) is 26.4 Å². The summed E-state index contributed by atoms with van der Waals surface area (Å²) < 4.78 is 66.9. The summed E-state index contributed by atoms with van der Waals surface area (Å²) in [6.07, 6.45) is -2.66. The standard InChI is InChI=1S/C22H24ClF3N2O3S/c1-4-12-28(18-7-5-6-17(14-18)22(24,25)26)32(30,31)20-13-16(8-9-19(20)23)21(29)27-11-10-15(2)3/h4-9,13-15H,1,10-12H2,2-3H3,(H,27,29). The van der Waals surface area contributed by atoms with Crippen molar-refractivity contribution in [2.24, 2.45) is 5.92 Å². The number of anilines is 1. The third kappa shape index (κ3) is 6.26. The van der Waals surface area contributed by atoms with Gasteiger partial charge in [0.15, 0.2) is 0 Å². The van der Waals surface area contributed by atoms with Gasteiger partial charge in [-0.15, -0.1) is 6.58 Å². The monoisotopic (exact) mass is 488 g/mol. The van der Waals surface area contributed by atoms with E-state index in [-0.39, 0.29) is 22.8 Å². The van der Waals surface area contributed by atoms with Crippen LogP contribution in [0.2, 0.25) is 5.02 Å². The lowest BCUT2D eigenvalue weighted by atomic mass is 10.1. The highest BCUT2D eigenvalue weighted by molar-refractivity contribution is 7.93. The molecule has 0 fully saturated rings. The first-order chi connectivity index (χ1) is 14.9. The first-order valence-corrected chi connectivity index (χ1v) is 11.6. The molecule has 0 aromatic heterocycles. The van der Waals surface area contributed by atoms with E-state index in [4.69, 9.17) is 11.6 Å². The molecule has 0 radical (unpaired) electrons. The highest BCUT2D eigenvalue weighted by atomic mass is 35.5. The van der Waals surface area contributed by atoms with Crippen molar-refractivity contribution in [1.82, 2.24) is 5.32 Å². The topological polar surface area (TPSA) is 66.5 Å². The summed E-state index contributed by atoms with van der Waals surface area (Å²) in [7, 11) is -4.42. The summed E-state index contributed by atoms with van der Waals surface area (Å²) in [6.45, 7) is 7.61. The van der Waals surface area contributed by atoms with Crippen LogP contribution >= 0.6 is 11.6 Å². The largest absolute Gasteiger partial charge is 0.416 e. The Hall–Kier alpha value is -2.52. The molecule has 2 aromatic carbocycles. The van der Waals surface area contributed by atoms with Crippen LogP contribution in [-0.2, 0) is 16.2 Å². The van der Waals surface area contributed by atoms with Crippen LogP contribution < -0.4 is 9.62 Å². The zero-order valence-electron chi connectivity index (χ0n) is 17.6. The van der Waals surface area contributed by atoms with Crippen LogP contribution in [0.15, 0.2) is 60.0 Å². The van der Waals surface area contributed by atoms with Crippen molar-refractivity contribution < 1.29 is 26.4 Å². The average molecular weight is 489 g/mol. The fraction of sp³-hybridized carbons (Fsp3) is 0.318. The summed E-state index contributed by atoms with van der Waals surface area (Å²) in [5.74, 6) is -0.107. The van der Waals surface area contributed by atoms with Crippen LogP contribution in [0.25, 0.3) is 0 Å². The molecule has 0 heterocycles. The Morgan fingerprint density at radius 1 is 1.22 bits per heavy atom. The van der Waals surface area contributed by atoms with Gasteiger partial charge in [-0.1, -0.05) is 37.6 Å². The molecule has 2 aromatic rings. The number of amides is 1. The molecule has 32 heavy (non-hydrogen) atoms. The number of carbonyl (C=O) groups is 1. The number of benzene rings is 2. The zero-order valence-corrected chi connectivity index (χ0v) is 19.2. The van der Waals surface area contributed by atoms with Crippen molar-refractivity contribution in [2.45, 2.75) is 31.3 Å². The Morgan fingerprint density at radius 2 is 1.91 bits per heavy atom. The number of nitrogens with zero attached hydrogens (tertiary/aromatic N) is 1. The van der Waals surface area contributed by atoms with Crippen molar-refractivity contribution >= 4 is 33.2 Å². The molecular weight excluding hydrogens is 465 g/mol. The van der Waals surface area contributed by atoms with Crippen molar-refractivity contribution in [2.75, 3.05) is 17.4 Å². The minimum atomic E-state index is -4.65. The van der Waals surface area contributed by atoms with Gasteiger partial charge < -0.3 is 5.32 Å². The van der Waals surface area contributed by atoms with E-state index >= 15 is 0 Å². The zero-order chi connectivity index (χ0) is 24.1. The van der Waals surface area contributed by atoms with Gasteiger partial charge in [-0.25, -0.2) is 8.42 Å². The second-order valence-corrected chi connectivity index (χ2v) is 9.69. The van der Waals surface area contributed by atoms with E-state index in [2.05, 4.69) is 11.9 Å². The van der Waals surface area contributed by atoms with E-state index in [0.717, 1.165) is 35.0 Å². The van der Waals surface area contributed by atoms with Crippen molar-refractivity contribution in [3.63, 3.8) is 0 Å². The maximum Gasteiger partial charge on any atom is 0.416 e. The number of hydrogen-bond donors (Lipinski definition) is 1. The van der Waals surface area contributed by atoms with Crippen LogP contribution in [0.5, 0.6) is 0 Å². The van der Waals surface area contributed by atoms with E-state index in [1.807, 2.05) is 13.8 Å². The van der Waals surface area contributed by atoms with Crippen molar-refractivity contribution in [3.05, 3.63) is 71.3 Å². The minimum Gasteiger partial charge on any atom is -0.352 e. The molecule has 1 N–H and O–H groups in total. The molecule has 0 saturated carbocycles. The number of hydrogen-bond acceptors (Lipinski definition) is 3. The second-order valence-electron chi connectivity index (χ2n) is 7.46. The molecule has 1 amide bonds. The van der Waals surface area contributed by atoms with Gasteiger partial charge in [-0.2, -0.15) is 13.2 Å². The SMILES string of the molecule is C=CCN(c1cccc(C(F)(F)F)c1)S(=O)(=O)c1cc(C(=O)NCCC(C)C)ccc1Cl. The van der Waals surface area contributed by atoms with Gasteiger partial charge in [0.1, 0.15) is 4.90 Å². The Labute approximate surface area is 190 Å². The van der Waals surface area contributed by atoms with Crippen LogP contribution in [0, 0.1) is 5.92 Å². The van der Waals surface area contributed by atoms with Gasteiger partial charge in [-0.05, 0) is 48.7 Å². The summed E-state index contributed by atoms with van der Waals surface area (Å²) >= 11 is 6.12. The number of sulfonamides is 1. The van der Waals surface area contributed by atoms with Crippen LogP contribution in [0.3, 0.4) is 0 Å². The number of halogens is 4. The predicted molar refractivity (Wildman–Crippen MR) is 119 cm³/mol. The lowest BCUT2D eigenvalue weighted by molar-refractivity contribution is -0.137. The molecule has 0 saturated heterocycles. The normalized spacial score (nSPS) is 12.0. The lowest BCUT2D eigenvalue weighted by Gasteiger charge is -2.24. The smallest absolute Gasteiger partial charge is 0.352 e. The first-order valence-electron chi connectivity index (χ1n) is 9.76. The summed E-state index contributed by atoms with van der Waals surface area (Å²) in [4.78, 5) is 12.0. The quantitative estimate of drug-likeness (QED) is 0.473. The van der Waals surface area contributed by atoms with Crippen molar-refractivity contribution in [3.8, 4) is 0 Å². The molecule has 10 heteroatoms. The fourth-order valence-corrected chi connectivity index (χ4v) is 4.76. The molecule has 0 aliphatic carbocycles. The van der Waals surface area contributed by atoms with Gasteiger partial charge in [0.2, 0.25) is 0 Å². The van der Waals surface area contributed by atoms with Crippen LogP contribution in [0.4, 0.5) is 18.9 Å². The second kappa shape index (κ2) is 10.4. The molecule has 0 aliphatic rings. The van der Waals surface area contributed by atoms with Crippen molar-refractivity contribution in [1.29, 1.82) is 0 Å². The molecule has 5 nitrogen and oxygen atoms in total. The lowest BCUT2D eigenvalue weighted by Crippen LogP contribution is -2.32. The molecule has 174 valence electrons. The van der Waals surface area contributed by atoms with E-state index in [1.165, 1.54) is 24.3 Å². The van der Waals surface area contributed by atoms with Gasteiger partial charge in [-0.3, -0.25) is 9.10 Å². The summed E-state index contributed by atoms with van der Waals surface area (Å²) in [5.41, 5.74) is -1.13. The maximum absolute atomic E-state index is 13.4. The van der Waals surface area contributed by atoms with Gasteiger partial charge in [0, 0.05) is 12.1 Å². The predicted octanol–water partition coefficient (Wildman–Crippen LogP) is 5.52. The Balaban J connectivity index is 2.47. The molecule has 0 bridgehead atoms. The number of carbonyl (C=O) groups excluding carboxylic acids is 1. The average Bonchev–Trinajstić information content (AvgIpc) is 2.71. The minimum absolute atomic E-state index is 0.0688. The third-order valence-corrected chi connectivity index (χ3v) is 6.80. The summed E-state index contributed by atoms with van der Waals surface area (Å²) in [5, 5.41) is 2.54. The first kappa shape index (κ1) is 25.7. The highest BCUT2D eigenvalue weighted by Crippen LogP contribution is 2.34. The Bertz CT molecular complexity index is 1090. The van der Waals surface area contributed by atoms with E-state index in [1.54, 1.807) is 0 Å². The molecular formula is C22H24ClF3N2O3S. The maximum atomic E-state index is 13.4. The van der Waals surface area contributed by atoms with Gasteiger partial charge in [0.05, 0.1) is 22.8 Å². The molecule has 0 atom stereocenters. The third-order valence-electron chi connectivity index (χ3n) is 4.53.